The number of carboxylic acids is 1. The average molecular weight is 181 g/mol. The van der Waals surface area contributed by atoms with Crippen LogP contribution >= 0.6 is 0 Å². The van der Waals surface area contributed by atoms with E-state index in [0.29, 0.717) is 0 Å². The third-order valence-electron chi connectivity index (χ3n) is 1.28. The molecule has 1 aromatic rings. The topological polar surface area (TPSA) is 60.4 Å². The Labute approximate surface area is 77.6 Å². The highest BCUT2D eigenvalue weighted by molar-refractivity contribution is 5.60. The Balaban J connectivity index is 0.000000310. The van der Waals surface area contributed by atoms with Crippen molar-refractivity contribution in [2.24, 2.45) is 0 Å². The highest BCUT2D eigenvalue weighted by Crippen LogP contribution is 2.08. The van der Waals surface area contributed by atoms with Crippen LogP contribution in [-0.2, 0) is 4.79 Å². The Kier molecular flexibility index (Phi) is 5.55. The molecule has 0 fully saturated rings. The van der Waals surface area contributed by atoms with Gasteiger partial charge in [-0.2, -0.15) is 0 Å². The molecule has 1 unspecified atom stereocenters. The Morgan fingerprint density at radius 1 is 1.38 bits per heavy atom. The van der Waals surface area contributed by atoms with Crippen LogP contribution in [-0.4, -0.2) is 11.1 Å². The quantitative estimate of drug-likeness (QED) is 0.686. The van der Waals surface area contributed by atoms with E-state index < -0.39 is 5.97 Å². The fraction of sp³-hybridized carbons (Fsp3) is 0.300. The van der Waals surface area contributed by atoms with Crippen molar-refractivity contribution in [2.45, 2.75) is 20.0 Å². The summed E-state index contributed by atoms with van der Waals surface area (Å²) >= 11 is 0. The maximum atomic E-state index is 9.02. The Morgan fingerprint density at radius 2 is 1.77 bits per heavy atom. The Bertz CT molecular complexity index is 238. The van der Waals surface area contributed by atoms with Crippen LogP contribution in [0.2, 0.25) is 0 Å². The second-order valence-corrected chi connectivity index (χ2v) is 2.58. The molecule has 0 amide bonds. The van der Waals surface area contributed by atoms with Gasteiger partial charge in [-0.05, 0) is 19.4 Å². The van der Waals surface area contributed by atoms with Gasteiger partial charge in [-0.1, -0.05) is 30.3 Å². The van der Waals surface area contributed by atoms with E-state index >= 15 is 0 Å². The molecule has 0 aromatic heterocycles. The third kappa shape index (κ3) is 7.03. The average Bonchev–Trinajstić information content (AvgIpc) is 2.05. The number of carbonyl (C=O) groups excluding carboxylic acids is 1. The van der Waals surface area contributed by atoms with Crippen LogP contribution in [0.5, 0.6) is 0 Å². The van der Waals surface area contributed by atoms with Crippen LogP contribution in [0.1, 0.15) is 25.5 Å². The summed E-state index contributed by atoms with van der Waals surface area (Å²) in [5.74, 6) is -1.08. The lowest BCUT2D eigenvalue weighted by molar-refractivity contribution is -0.302. The van der Waals surface area contributed by atoms with Gasteiger partial charge in [0.05, 0.1) is 6.10 Å². The fourth-order valence-corrected chi connectivity index (χ4v) is 0.732. The predicted molar refractivity (Wildman–Crippen MR) is 47.8 cm³/mol. The molecule has 0 aliphatic carbocycles. The molecule has 1 aromatic carbocycles. The van der Waals surface area contributed by atoms with E-state index in [2.05, 4.69) is 0 Å². The highest BCUT2D eigenvalue weighted by atomic mass is 16.4. The summed E-state index contributed by atoms with van der Waals surface area (Å²) in [7, 11) is 0. The smallest absolute Gasteiger partial charge is 0.0761 e. The third-order valence-corrected chi connectivity index (χ3v) is 1.28. The summed E-state index contributed by atoms with van der Waals surface area (Å²) in [5.41, 5.74) is 0.970. The van der Waals surface area contributed by atoms with Gasteiger partial charge in [0.25, 0.3) is 0 Å². The number of aliphatic hydroxyl groups is 1. The number of benzene rings is 1. The van der Waals surface area contributed by atoms with Gasteiger partial charge in [0.2, 0.25) is 0 Å². The molecule has 0 aliphatic rings. The normalized spacial score (nSPS) is 11.0. The first-order valence-corrected chi connectivity index (χ1v) is 3.94. The zero-order chi connectivity index (χ0) is 10.3. The van der Waals surface area contributed by atoms with Crippen LogP contribution in [0.4, 0.5) is 0 Å². The van der Waals surface area contributed by atoms with Crippen molar-refractivity contribution in [1.82, 2.24) is 0 Å². The number of rotatable bonds is 1. The van der Waals surface area contributed by atoms with E-state index in [1.807, 2.05) is 30.3 Å². The van der Waals surface area contributed by atoms with Gasteiger partial charge in [0, 0.05) is 5.97 Å². The zero-order valence-corrected chi connectivity index (χ0v) is 7.73. The maximum Gasteiger partial charge on any atom is 0.0761 e. The van der Waals surface area contributed by atoms with E-state index in [1.54, 1.807) is 6.92 Å². The molecule has 3 heteroatoms. The van der Waals surface area contributed by atoms with Crippen LogP contribution in [0.25, 0.3) is 0 Å². The molecule has 72 valence electrons. The lowest BCUT2D eigenvalue weighted by Gasteiger charge is -2.00. The second kappa shape index (κ2) is 6.20. The Hall–Kier alpha value is -1.35. The molecule has 0 heterocycles. The van der Waals surface area contributed by atoms with Crippen LogP contribution < -0.4 is 5.11 Å². The van der Waals surface area contributed by atoms with Gasteiger partial charge in [-0.15, -0.1) is 0 Å². The van der Waals surface area contributed by atoms with Crippen LogP contribution in [0.3, 0.4) is 0 Å². The standard InChI is InChI=1S/C8H10O.C2H4O2/c1-7(9)8-5-3-2-4-6-8;1-2(3)4/h2-7,9H,1H3;1H3,(H,3,4)/p-1. The molecule has 0 saturated heterocycles. The molecule has 1 atom stereocenters. The molecular formula is C10H13O3-. The second-order valence-electron chi connectivity index (χ2n) is 2.58. The number of aliphatic carboxylic acids is 1. The minimum Gasteiger partial charge on any atom is -0.550 e. The molecule has 0 aliphatic heterocycles. The summed E-state index contributed by atoms with van der Waals surface area (Å²) in [6.07, 6.45) is -0.341. The Morgan fingerprint density at radius 3 is 2.00 bits per heavy atom. The molecule has 3 nitrogen and oxygen atoms in total. The SMILES string of the molecule is CC(=O)[O-].CC(O)c1ccccc1. The van der Waals surface area contributed by atoms with Gasteiger partial charge in [-0.25, -0.2) is 0 Å². The molecule has 0 radical (unpaired) electrons. The number of hydrogen-bond acceptors (Lipinski definition) is 3. The van der Waals surface area contributed by atoms with Crippen molar-refractivity contribution >= 4 is 5.97 Å². The number of carboxylic acid groups (broad SMARTS) is 1. The van der Waals surface area contributed by atoms with Crippen molar-refractivity contribution in [3.05, 3.63) is 35.9 Å². The number of carbonyl (C=O) groups is 1. The number of hydrogen-bond donors (Lipinski definition) is 1. The summed E-state index contributed by atoms with van der Waals surface area (Å²) < 4.78 is 0. The van der Waals surface area contributed by atoms with Crippen molar-refractivity contribution in [1.29, 1.82) is 0 Å². The van der Waals surface area contributed by atoms with E-state index in [9.17, 15) is 0 Å². The van der Waals surface area contributed by atoms with Crippen molar-refractivity contribution in [3.8, 4) is 0 Å². The predicted octanol–water partition coefficient (Wildman–Crippen LogP) is 0.496. The van der Waals surface area contributed by atoms with E-state index in [4.69, 9.17) is 15.0 Å². The van der Waals surface area contributed by atoms with Gasteiger partial charge in [-0.3, -0.25) is 0 Å². The lowest BCUT2D eigenvalue weighted by Crippen LogP contribution is -2.16. The highest BCUT2D eigenvalue weighted by Gasteiger charge is 1.95. The largest absolute Gasteiger partial charge is 0.550 e. The van der Waals surface area contributed by atoms with Crippen LogP contribution in [0, 0.1) is 0 Å². The fourth-order valence-electron chi connectivity index (χ4n) is 0.732. The molecule has 0 bridgehead atoms. The molecular weight excluding hydrogens is 168 g/mol. The molecule has 1 N–H and O–H groups in total. The monoisotopic (exact) mass is 181 g/mol. The van der Waals surface area contributed by atoms with E-state index in [0.717, 1.165) is 12.5 Å². The summed E-state index contributed by atoms with van der Waals surface area (Å²) in [6, 6.07) is 9.59. The summed E-state index contributed by atoms with van der Waals surface area (Å²) in [5, 5.41) is 17.9. The van der Waals surface area contributed by atoms with Crippen molar-refractivity contribution in [2.75, 3.05) is 0 Å². The zero-order valence-electron chi connectivity index (χ0n) is 7.73. The first kappa shape index (κ1) is 11.6. The van der Waals surface area contributed by atoms with E-state index in [-0.39, 0.29) is 6.10 Å². The van der Waals surface area contributed by atoms with Gasteiger partial charge in [0.1, 0.15) is 0 Å². The number of aliphatic hydroxyl groups excluding tert-OH is 1. The van der Waals surface area contributed by atoms with Gasteiger partial charge < -0.3 is 15.0 Å². The minimum atomic E-state index is -1.08. The maximum absolute atomic E-state index is 9.02. The molecule has 13 heavy (non-hydrogen) atoms. The minimum absolute atomic E-state index is 0.341. The first-order chi connectivity index (χ1) is 6.04. The lowest BCUT2D eigenvalue weighted by atomic mass is 10.1. The van der Waals surface area contributed by atoms with Crippen molar-refractivity contribution in [3.63, 3.8) is 0 Å². The van der Waals surface area contributed by atoms with Gasteiger partial charge >= 0.3 is 0 Å². The molecule has 0 spiro atoms. The summed E-state index contributed by atoms with van der Waals surface area (Å²) in [4.78, 5) is 8.89. The first-order valence-electron chi connectivity index (χ1n) is 3.94. The van der Waals surface area contributed by atoms with E-state index in [1.165, 1.54) is 0 Å². The summed E-state index contributed by atoms with van der Waals surface area (Å²) in [6.45, 7) is 2.73. The van der Waals surface area contributed by atoms with Gasteiger partial charge in [0.15, 0.2) is 0 Å². The molecule has 0 saturated carbocycles. The molecule has 1 rings (SSSR count). The van der Waals surface area contributed by atoms with Crippen LogP contribution in [0.15, 0.2) is 30.3 Å². The van der Waals surface area contributed by atoms with Crippen molar-refractivity contribution < 1.29 is 15.0 Å².